The molecule has 0 aliphatic rings. The zero-order valence-corrected chi connectivity index (χ0v) is 12.5. The SMILES string of the molecule is Cc1cccc(-n2c(CCCl)nc3cccc(C)c32)c1. The number of hydrogen-bond acceptors (Lipinski definition) is 1. The van der Waals surface area contributed by atoms with E-state index in [1.54, 1.807) is 0 Å². The van der Waals surface area contributed by atoms with E-state index < -0.39 is 0 Å². The van der Waals surface area contributed by atoms with E-state index >= 15 is 0 Å². The quantitative estimate of drug-likeness (QED) is 0.651. The Morgan fingerprint density at radius 3 is 2.65 bits per heavy atom. The van der Waals surface area contributed by atoms with Crippen LogP contribution in [-0.2, 0) is 6.42 Å². The van der Waals surface area contributed by atoms with Crippen molar-refractivity contribution in [2.45, 2.75) is 20.3 Å². The van der Waals surface area contributed by atoms with Gasteiger partial charge in [-0.05, 0) is 43.2 Å². The van der Waals surface area contributed by atoms with Gasteiger partial charge in [-0.2, -0.15) is 0 Å². The van der Waals surface area contributed by atoms with E-state index in [4.69, 9.17) is 16.6 Å². The highest BCUT2D eigenvalue weighted by Crippen LogP contribution is 2.25. The summed E-state index contributed by atoms with van der Waals surface area (Å²) in [7, 11) is 0. The number of aromatic nitrogens is 2. The Balaban J connectivity index is 2.34. The number of fused-ring (bicyclic) bond motifs is 1. The van der Waals surface area contributed by atoms with Crippen LogP contribution in [0.15, 0.2) is 42.5 Å². The normalized spacial score (nSPS) is 11.2. The molecule has 3 aromatic rings. The number of imidazole rings is 1. The van der Waals surface area contributed by atoms with Crippen molar-refractivity contribution in [2.75, 3.05) is 5.88 Å². The van der Waals surface area contributed by atoms with Gasteiger partial charge in [0.25, 0.3) is 0 Å². The van der Waals surface area contributed by atoms with Crippen LogP contribution in [0.2, 0.25) is 0 Å². The van der Waals surface area contributed by atoms with E-state index in [0.29, 0.717) is 5.88 Å². The number of para-hydroxylation sites is 1. The molecular weight excluding hydrogens is 268 g/mol. The van der Waals surface area contributed by atoms with E-state index in [-0.39, 0.29) is 0 Å². The van der Waals surface area contributed by atoms with Gasteiger partial charge >= 0.3 is 0 Å². The summed E-state index contributed by atoms with van der Waals surface area (Å²) in [5, 5.41) is 0. The van der Waals surface area contributed by atoms with Crippen LogP contribution >= 0.6 is 11.6 Å². The summed E-state index contributed by atoms with van der Waals surface area (Å²) < 4.78 is 2.24. The molecule has 0 amide bonds. The largest absolute Gasteiger partial charge is 0.296 e. The highest BCUT2D eigenvalue weighted by Gasteiger charge is 2.13. The van der Waals surface area contributed by atoms with Crippen molar-refractivity contribution in [1.82, 2.24) is 9.55 Å². The van der Waals surface area contributed by atoms with E-state index in [1.165, 1.54) is 16.6 Å². The van der Waals surface area contributed by atoms with Crippen molar-refractivity contribution in [3.05, 3.63) is 59.4 Å². The predicted molar refractivity (Wildman–Crippen MR) is 85.0 cm³/mol. The molecule has 1 aromatic heterocycles. The van der Waals surface area contributed by atoms with Crippen molar-refractivity contribution >= 4 is 22.6 Å². The lowest BCUT2D eigenvalue weighted by molar-refractivity contribution is 0.910. The first-order chi connectivity index (χ1) is 9.70. The van der Waals surface area contributed by atoms with Gasteiger partial charge in [0.1, 0.15) is 5.82 Å². The van der Waals surface area contributed by atoms with Crippen molar-refractivity contribution in [1.29, 1.82) is 0 Å². The third kappa shape index (κ3) is 2.20. The summed E-state index contributed by atoms with van der Waals surface area (Å²) in [5.74, 6) is 1.60. The summed E-state index contributed by atoms with van der Waals surface area (Å²) in [5.41, 5.74) is 5.85. The molecule has 0 saturated carbocycles. The van der Waals surface area contributed by atoms with Crippen LogP contribution < -0.4 is 0 Å². The highest BCUT2D eigenvalue weighted by atomic mass is 35.5. The summed E-state index contributed by atoms with van der Waals surface area (Å²) in [6.07, 6.45) is 0.767. The van der Waals surface area contributed by atoms with Crippen LogP contribution in [0, 0.1) is 13.8 Å². The van der Waals surface area contributed by atoms with Gasteiger partial charge in [0.2, 0.25) is 0 Å². The molecule has 0 aliphatic heterocycles. The van der Waals surface area contributed by atoms with Gasteiger partial charge in [0.15, 0.2) is 0 Å². The maximum Gasteiger partial charge on any atom is 0.115 e. The van der Waals surface area contributed by atoms with Crippen LogP contribution in [0.3, 0.4) is 0 Å². The number of aryl methyl sites for hydroxylation is 3. The zero-order chi connectivity index (χ0) is 14.1. The molecule has 3 rings (SSSR count). The van der Waals surface area contributed by atoms with E-state index in [9.17, 15) is 0 Å². The number of hydrogen-bond donors (Lipinski definition) is 0. The minimum absolute atomic E-state index is 0.578. The smallest absolute Gasteiger partial charge is 0.115 e. The second kappa shape index (κ2) is 5.29. The molecule has 2 aromatic carbocycles. The maximum absolute atomic E-state index is 5.94. The molecule has 20 heavy (non-hydrogen) atoms. The summed E-state index contributed by atoms with van der Waals surface area (Å²) in [4.78, 5) is 4.75. The molecule has 0 spiro atoms. The molecule has 0 radical (unpaired) electrons. The first-order valence-electron chi connectivity index (χ1n) is 6.80. The third-order valence-electron chi connectivity index (χ3n) is 3.53. The average molecular weight is 285 g/mol. The molecule has 0 aliphatic carbocycles. The Bertz CT molecular complexity index is 759. The Morgan fingerprint density at radius 1 is 1.10 bits per heavy atom. The topological polar surface area (TPSA) is 17.8 Å². The first-order valence-corrected chi connectivity index (χ1v) is 7.34. The number of alkyl halides is 1. The van der Waals surface area contributed by atoms with Gasteiger partial charge in [-0.15, -0.1) is 11.6 Å². The van der Waals surface area contributed by atoms with E-state index in [1.807, 2.05) is 0 Å². The average Bonchev–Trinajstić information content (AvgIpc) is 2.79. The number of nitrogens with zero attached hydrogens (tertiary/aromatic N) is 2. The Kier molecular flexibility index (Phi) is 3.49. The van der Waals surface area contributed by atoms with Crippen LogP contribution in [0.1, 0.15) is 17.0 Å². The van der Waals surface area contributed by atoms with Crippen molar-refractivity contribution in [3.63, 3.8) is 0 Å². The zero-order valence-electron chi connectivity index (χ0n) is 11.7. The van der Waals surface area contributed by atoms with Gasteiger partial charge in [0, 0.05) is 18.0 Å². The molecular formula is C17H17ClN2. The lowest BCUT2D eigenvalue weighted by Gasteiger charge is -2.10. The summed E-state index contributed by atoms with van der Waals surface area (Å²) >= 11 is 5.94. The van der Waals surface area contributed by atoms with Crippen molar-refractivity contribution in [2.24, 2.45) is 0 Å². The van der Waals surface area contributed by atoms with Gasteiger partial charge in [-0.1, -0.05) is 24.3 Å². The van der Waals surface area contributed by atoms with Gasteiger partial charge in [0.05, 0.1) is 11.0 Å². The molecule has 0 atom stereocenters. The number of halogens is 1. The predicted octanol–water partition coefficient (Wildman–Crippen LogP) is 4.42. The third-order valence-corrected chi connectivity index (χ3v) is 3.71. The van der Waals surface area contributed by atoms with Gasteiger partial charge in [-0.25, -0.2) is 4.98 Å². The minimum atomic E-state index is 0.578. The second-order valence-corrected chi connectivity index (χ2v) is 5.46. The lowest BCUT2D eigenvalue weighted by Crippen LogP contribution is -2.03. The van der Waals surface area contributed by atoms with Crippen LogP contribution in [0.4, 0.5) is 0 Å². The highest BCUT2D eigenvalue weighted by molar-refractivity contribution is 6.17. The first kappa shape index (κ1) is 13.2. The molecule has 0 bridgehead atoms. The van der Waals surface area contributed by atoms with Crippen molar-refractivity contribution in [3.8, 4) is 5.69 Å². The van der Waals surface area contributed by atoms with Gasteiger partial charge in [-0.3, -0.25) is 4.57 Å². The summed E-state index contributed by atoms with van der Waals surface area (Å²) in [6.45, 7) is 4.23. The van der Waals surface area contributed by atoms with E-state index in [0.717, 1.165) is 23.4 Å². The molecule has 0 saturated heterocycles. The molecule has 2 nitrogen and oxygen atoms in total. The van der Waals surface area contributed by atoms with Crippen molar-refractivity contribution < 1.29 is 0 Å². The number of rotatable bonds is 3. The summed E-state index contributed by atoms with van der Waals surface area (Å²) in [6, 6.07) is 14.7. The monoisotopic (exact) mass is 284 g/mol. The van der Waals surface area contributed by atoms with Crippen LogP contribution in [0.25, 0.3) is 16.7 Å². The number of benzene rings is 2. The Morgan fingerprint density at radius 2 is 1.90 bits per heavy atom. The Labute approximate surface area is 124 Å². The molecule has 0 N–H and O–H groups in total. The van der Waals surface area contributed by atoms with Gasteiger partial charge < -0.3 is 0 Å². The second-order valence-electron chi connectivity index (χ2n) is 5.08. The Hall–Kier alpha value is -1.80. The molecule has 102 valence electrons. The maximum atomic E-state index is 5.94. The molecule has 0 fully saturated rings. The molecule has 1 heterocycles. The van der Waals surface area contributed by atoms with Crippen LogP contribution in [0.5, 0.6) is 0 Å². The fourth-order valence-electron chi connectivity index (χ4n) is 2.64. The minimum Gasteiger partial charge on any atom is -0.296 e. The van der Waals surface area contributed by atoms with Crippen LogP contribution in [-0.4, -0.2) is 15.4 Å². The molecule has 3 heteroatoms. The standard InChI is InChI=1S/C17H17ClN2/c1-12-5-3-7-14(11-12)20-16(9-10-18)19-15-8-4-6-13(2)17(15)20/h3-8,11H,9-10H2,1-2H3. The fraction of sp³-hybridized carbons (Fsp3) is 0.235. The lowest BCUT2D eigenvalue weighted by atomic mass is 10.2. The molecule has 0 unspecified atom stereocenters. The van der Waals surface area contributed by atoms with E-state index in [2.05, 4.69) is 60.9 Å². The fourth-order valence-corrected chi connectivity index (χ4v) is 2.81.